The van der Waals surface area contributed by atoms with Crippen molar-refractivity contribution in [2.75, 3.05) is 70.3 Å². The van der Waals surface area contributed by atoms with Crippen molar-refractivity contribution in [3.63, 3.8) is 0 Å². The molecule has 66 heavy (non-hydrogen) atoms. The number of carbonyl (C=O) groups is 5. The first-order valence-corrected chi connectivity index (χ1v) is 24.2. The molecule has 348 valence electrons. The lowest BCUT2D eigenvalue weighted by molar-refractivity contribution is -0.137. The first kappa shape index (κ1) is 46.5. The Morgan fingerprint density at radius 1 is 0.833 bits per heavy atom. The fraction of sp³-hybridized carbons (Fsp3) is 0.529. The number of likely N-dealkylation sites (tertiary alicyclic amines) is 1. The van der Waals surface area contributed by atoms with E-state index in [1.165, 1.54) is 0 Å². The molecule has 15 heteroatoms. The van der Waals surface area contributed by atoms with Gasteiger partial charge in [0.15, 0.2) is 11.5 Å². The molecular weight excluding hydrogens is 833 g/mol. The van der Waals surface area contributed by atoms with E-state index in [1.54, 1.807) is 35.5 Å². The van der Waals surface area contributed by atoms with Crippen molar-refractivity contribution < 1.29 is 24.0 Å². The van der Waals surface area contributed by atoms with Crippen LogP contribution in [-0.4, -0.2) is 142 Å². The van der Waals surface area contributed by atoms with Gasteiger partial charge in [-0.1, -0.05) is 43.2 Å². The largest absolute Gasteiger partial charge is 0.355 e. The molecule has 5 amide bonds. The zero-order chi connectivity index (χ0) is 45.7. The second-order valence-corrected chi connectivity index (χ2v) is 18.4. The average molecular weight is 897 g/mol. The number of carbonyl (C=O) groups excluding carboxylic acids is 5. The van der Waals surface area contributed by atoms with E-state index in [9.17, 15) is 24.0 Å². The Morgan fingerprint density at radius 2 is 1.67 bits per heavy atom. The zero-order valence-electron chi connectivity index (χ0n) is 38.2. The van der Waals surface area contributed by atoms with Crippen molar-refractivity contribution in [1.82, 2.24) is 45.4 Å². The summed E-state index contributed by atoms with van der Waals surface area (Å²) in [6.45, 7) is 9.85. The summed E-state index contributed by atoms with van der Waals surface area (Å²) in [7, 11) is 0. The van der Waals surface area contributed by atoms with Crippen molar-refractivity contribution in [1.29, 1.82) is 0 Å². The summed E-state index contributed by atoms with van der Waals surface area (Å²) < 4.78 is 0. The third kappa shape index (κ3) is 12.3. The summed E-state index contributed by atoms with van der Waals surface area (Å²) in [4.78, 5) is 77.7. The molecule has 4 saturated heterocycles. The molecule has 1 unspecified atom stereocenters. The first-order chi connectivity index (χ1) is 32.3. The number of imide groups is 1. The molecule has 0 spiro atoms. The Hall–Kier alpha value is -5.98. The van der Waals surface area contributed by atoms with Gasteiger partial charge in [-0.25, -0.2) is 0 Å². The number of amides is 5. The summed E-state index contributed by atoms with van der Waals surface area (Å²) in [5.74, 6) is 7.08. The van der Waals surface area contributed by atoms with Gasteiger partial charge in [0.05, 0.1) is 0 Å². The van der Waals surface area contributed by atoms with Gasteiger partial charge in [-0.3, -0.25) is 39.2 Å². The number of unbranched alkanes of at least 4 members (excludes halogenated alkanes) is 4. The van der Waals surface area contributed by atoms with Crippen LogP contribution in [0.2, 0.25) is 0 Å². The maximum atomic E-state index is 13.3. The summed E-state index contributed by atoms with van der Waals surface area (Å²) in [6, 6.07) is 13.1. The van der Waals surface area contributed by atoms with Gasteiger partial charge in [-0.2, -0.15) is 0 Å². The topological polar surface area (TPSA) is 164 Å². The molecule has 7 heterocycles. The number of benzene rings is 1. The highest BCUT2D eigenvalue weighted by molar-refractivity contribution is 6.05. The smallest absolute Gasteiger partial charge is 0.274 e. The molecule has 5 aliphatic heterocycles. The lowest BCUT2D eigenvalue weighted by atomic mass is 9.91. The van der Waals surface area contributed by atoms with Crippen molar-refractivity contribution in [3.8, 4) is 11.8 Å². The van der Waals surface area contributed by atoms with Crippen molar-refractivity contribution in [3.05, 3.63) is 88.9 Å². The molecule has 0 radical (unpaired) electrons. The molecule has 1 aromatic carbocycles. The number of pyridine rings is 1. The van der Waals surface area contributed by atoms with Crippen LogP contribution in [-0.2, 0) is 20.9 Å². The van der Waals surface area contributed by atoms with Crippen LogP contribution in [0.3, 0.4) is 0 Å². The number of hydrogen-bond acceptors (Lipinski definition) is 11. The maximum Gasteiger partial charge on any atom is 0.274 e. The minimum atomic E-state index is -0.622. The Bertz CT molecular complexity index is 2250. The van der Waals surface area contributed by atoms with Crippen LogP contribution in [0.15, 0.2) is 60.9 Å². The monoisotopic (exact) mass is 897 g/mol. The summed E-state index contributed by atoms with van der Waals surface area (Å²) in [5, 5.41) is 14.2. The number of anilines is 1. The Morgan fingerprint density at radius 3 is 2.42 bits per heavy atom. The van der Waals surface area contributed by atoms with Crippen LogP contribution in [0.1, 0.15) is 121 Å². The number of piperazine rings is 1. The van der Waals surface area contributed by atoms with Crippen LogP contribution < -0.4 is 15.5 Å². The zero-order valence-corrected chi connectivity index (χ0v) is 38.2. The molecule has 2 aromatic heterocycles. The fourth-order valence-corrected chi connectivity index (χ4v) is 10.1. The van der Waals surface area contributed by atoms with E-state index in [4.69, 9.17) is 0 Å². The number of rotatable bonds is 16. The second kappa shape index (κ2) is 23.0. The fourth-order valence-electron chi connectivity index (χ4n) is 10.1. The lowest BCUT2D eigenvalue weighted by Gasteiger charge is -2.43. The summed E-state index contributed by atoms with van der Waals surface area (Å²) in [5.41, 5.74) is 3.63. The summed E-state index contributed by atoms with van der Waals surface area (Å²) in [6.07, 6.45) is 18.7. The predicted molar refractivity (Wildman–Crippen MR) is 252 cm³/mol. The van der Waals surface area contributed by atoms with Crippen LogP contribution in [0.5, 0.6) is 0 Å². The van der Waals surface area contributed by atoms with Gasteiger partial charge in [-0.15, -0.1) is 10.2 Å². The van der Waals surface area contributed by atoms with Gasteiger partial charge in [0.25, 0.3) is 11.8 Å². The van der Waals surface area contributed by atoms with Crippen molar-refractivity contribution in [2.45, 2.75) is 102 Å². The van der Waals surface area contributed by atoms with Crippen LogP contribution in [0, 0.1) is 17.8 Å². The molecule has 0 saturated carbocycles. The van der Waals surface area contributed by atoms with Crippen LogP contribution in [0.4, 0.5) is 5.82 Å². The number of aromatic nitrogens is 3. The lowest BCUT2D eigenvalue weighted by Crippen LogP contribution is -2.53. The normalized spacial score (nSPS) is 20.0. The van der Waals surface area contributed by atoms with Gasteiger partial charge in [0.2, 0.25) is 17.7 Å². The Balaban J connectivity index is 0.662. The van der Waals surface area contributed by atoms with E-state index < -0.39 is 11.9 Å². The van der Waals surface area contributed by atoms with Crippen LogP contribution in [0.25, 0.3) is 6.08 Å². The SMILES string of the molecule is O=C(/C=C/c1cccnc1)NCCCCC1CCN(C(=O)c2ccc(N3CCC(N4CCN(CCCCCC#Cc5cccc6c5CN(C5CCC(=O)NC5=O)C6=O)CC4)CC3)nn2)CC1. The molecular formula is C51H64N10O5. The number of nitrogens with zero attached hydrogens (tertiary/aromatic N) is 8. The highest BCUT2D eigenvalue weighted by atomic mass is 16.2. The molecule has 0 bridgehead atoms. The average Bonchev–Trinajstić information content (AvgIpc) is 3.69. The summed E-state index contributed by atoms with van der Waals surface area (Å²) >= 11 is 0. The first-order valence-electron chi connectivity index (χ1n) is 24.2. The predicted octanol–water partition coefficient (Wildman–Crippen LogP) is 4.68. The van der Waals surface area contributed by atoms with E-state index in [1.807, 2.05) is 41.3 Å². The van der Waals surface area contributed by atoms with Crippen LogP contribution >= 0.6 is 0 Å². The quantitative estimate of drug-likeness (QED) is 0.0889. The van der Waals surface area contributed by atoms with E-state index in [-0.39, 0.29) is 30.0 Å². The van der Waals surface area contributed by atoms with Gasteiger partial charge >= 0.3 is 0 Å². The van der Waals surface area contributed by atoms with E-state index in [0.717, 1.165) is 152 Å². The van der Waals surface area contributed by atoms with E-state index in [0.29, 0.717) is 42.7 Å². The Labute approximate surface area is 388 Å². The van der Waals surface area contributed by atoms with E-state index in [2.05, 4.69) is 52.4 Å². The maximum absolute atomic E-state index is 13.3. The minimum absolute atomic E-state index is 0.0347. The molecule has 0 aliphatic carbocycles. The number of fused-ring (bicyclic) bond motifs is 1. The van der Waals surface area contributed by atoms with Crippen molar-refractivity contribution in [2.24, 2.45) is 5.92 Å². The molecule has 4 fully saturated rings. The molecule has 3 aromatic rings. The van der Waals surface area contributed by atoms with Gasteiger partial charge in [0.1, 0.15) is 6.04 Å². The highest BCUT2D eigenvalue weighted by Crippen LogP contribution is 2.30. The second-order valence-electron chi connectivity index (χ2n) is 18.4. The molecule has 8 rings (SSSR count). The standard InChI is InChI=1S/C51H64N10O5/c62-47(19-15-39-11-9-25-52-36-39)53-26-6-5-10-38-21-28-60(29-22-38)51(66)44-16-18-46(56-55-44)59-30-23-41(24-31-59)58-34-32-57(33-35-58)27-7-3-1-2-4-12-40-13-8-14-42-43(40)37-61(50(42)65)45-17-20-48(63)54-49(45)64/h8-9,11,13-16,18-19,25,36,38,41,45H,1-3,5-7,10,17,20-24,26-35,37H2,(H,53,62)(H,54,63,64)/b19-15+. The Kier molecular flexibility index (Phi) is 16.2. The third-order valence-corrected chi connectivity index (χ3v) is 14.0. The number of piperidine rings is 3. The highest BCUT2D eigenvalue weighted by Gasteiger charge is 2.40. The third-order valence-electron chi connectivity index (χ3n) is 14.0. The molecule has 1 atom stereocenters. The molecule has 5 aliphatic rings. The van der Waals surface area contributed by atoms with Gasteiger partial charge in [-0.05, 0) is 111 Å². The molecule has 15 nitrogen and oxygen atoms in total. The van der Waals surface area contributed by atoms with Gasteiger partial charge in [0, 0.05) is 114 Å². The number of nitrogens with one attached hydrogen (secondary N) is 2. The molecule has 2 N–H and O–H groups in total. The van der Waals surface area contributed by atoms with E-state index >= 15 is 0 Å². The van der Waals surface area contributed by atoms with Crippen molar-refractivity contribution >= 4 is 41.4 Å². The number of hydrogen-bond donors (Lipinski definition) is 2. The van der Waals surface area contributed by atoms with Gasteiger partial charge < -0.3 is 24.9 Å². The minimum Gasteiger partial charge on any atom is -0.355 e.